The lowest BCUT2D eigenvalue weighted by Gasteiger charge is -2.17. The number of carbonyl (C=O) groups is 2. The summed E-state index contributed by atoms with van der Waals surface area (Å²) in [6.07, 6.45) is -5.49. The molecular weight excluding hydrogens is 361 g/mol. The summed E-state index contributed by atoms with van der Waals surface area (Å²) in [7, 11) is 0. The Morgan fingerprint density at radius 3 is 2.37 bits per heavy atom. The Morgan fingerprint density at radius 2 is 1.70 bits per heavy atom. The molecule has 0 aromatic heterocycles. The van der Waals surface area contributed by atoms with Gasteiger partial charge in [-0.3, -0.25) is 20.4 Å². The lowest BCUT2D eigenvalue weighted by molar-refractivity contribution is -0.137. The maximum Gasteiger partial charge on any atom is 0.416 e. The van der Waals surface area contributed by atoms with Crippen LogP contribution in [0.4, 0.5) is 13.2 Å². The Hall–Kier alpha value is -3.03. The van der Waals surface area contributed by atoms with Gasteiger partial charge in [0.05, 0.1) is 5.56 Å². The van der Waals surface area contributed by atoms with Gasteiger partial charge in [-0.25, -0.2) is 0 Å². The molecule has 2 N–H and O–H groups in total. The van der Waals surface area contributed by atoms with Gasteiger partial charge < -0.3 is 4.74 Å². The van der Waals surface area contributed by atoms with Gasteiger partial charge in [-0.15, -0.1) is 0 Å². The van der Waals surface area contributed by atoms with Crippen LogP contribution >= 0.6 is 0 Å². The second-order valence-corrected chi connectivity index (χ2v) is 5.98. The molecule has 0 heterocycles. The minimum atomic E-state index is -4.56. The van der Waals surface area contributed by atoms with Crippen LogP contribution in [0.5, 0.6) is 5.75 Å². The van der Waals surface area contributed by atoms with Crippen molar-refractivity contribution in [2.24, 2.45) is 0 Å². The van der Waals surface area contributed by atoms with Gasteiger partial charge in [0, 0.05) is 5.56 Å². The summed E-state index contributed by atoms with van der Waals surface area (Å²) in [4.78, 5) is 24.0. The maximum absolute atomic E-state index is 12.7. The highest BCUT2D eigenvalue weighted by molar-refractivity contribution is 5.95. The zero-order valence-electron chi connectivity index (χ0n) is 15.0. The second-order valence-electron chi connectivity index (χ2n) is 5.98. The van der Waals surface area contributed by atoms with E-state index in [1.54, 1.807) is 12.1 Å². The van der Waals surface area contributed by atoms with Crippen LogP contribution in [-0.4, -0.2) is 17.9 Å². The molecule has 5 nitrogen and oxygen atoms in total. The van der Waals surface area contributed by atoms with E-state index in [0.29, 0.717) is 11.8 Å². The normalized spacial score (nSPS) is 12.2. The number of rotatable bonds is 4. The monoisotopic (exact) mass is 380 g/mol. The summed E-state index contributed by atoms with van der Waals surface area (Å²) in [5.41, 5.74) is 4.93. The minimum absolute atomic E-state index is 0.228. The number of hydrogen-bond donors (Lipinski definition) is 2. The molecule has 0 radical (unpaired) electrons. The number of hydrazine groups is 1. The Balaban J connectivity index is 1.96. The standard InChI is InChI=1S/C19H19F3N2O3/c1-11-6-4-9-16(12(11)2)27-13(3)17(25)23-24-18(26)14-7-5-8-15(10-14)19(20,21)22/h4-10,13H,1-3H3,(H,23,25)(H,24,26)/t13-/m1/s1. The van der Waals surface area contributed by atoms with Gasteiger partial charge in [0.1, 0.15) is 5.75 Å². The molecule has 2 aromatic carbocycles. The van der Waals surface area contributed by atoms with Crippen molar-refractivity contribution < 1.29 is 27.5 Å². The molecule has 0 spiro atoms. The fraction of sp³-hybridized carbons (Fsp3) is 0.263. The maximum atomic E-state index is 12.7. The molecule has 2 amide bonds. The predicted molar refractivity (Wildman–Crippen MR) is 93.1 cm³/mol. The minimum Gasteiger partial charge on any atom is -0.481 e. The van der Waals surface area contributed by atoms with Crippen molar-refractivity contribution >= 4 is 11.8 Å². The molecule has 0 fully saturated rings. The second kappa shape index (κ2) is 8.11. The van der Waals surface area contributed by atoms with Crippen LogP contribution in [0.25, 0.3) is 0 Å². The van der Waals surface area contributed by atoms with Crippen LogP contribution in [0, 0.1) is 13.8 Å². The first-order chi connectivity index (χ1) is 12.6. The van der Waals surface area contributed by atoms with Gasteiger partial charge in [0.15, 0.2) is 6.10 Å². The third-order valence-corrected chi connectivity index (χ3v) is 3.98. The fourth-order valence-electron chi connectivity index (χ4n) is 2.22. The zero-order chi connectivity index (χ0) is 20.2. The average molecular weight is 380 g/mol. The summed E-state index contributed by atoms with van der Waals surface area (Å²) in [6, 6.07) is 9.30. The van der Waals surface area contributed by atoms with E-state index in [2.05, 4.69) is 10.9 Å². The molecular formula is C19H19F3N2O3. The zero-order valence-corrected chi connectivity index (χ0v) is 15.0. The van der Waals surface area contributed by atoms with Crippen molar-refractivity contribution in [1.82, 2.24) is 10.9 Å². The first kappa shape index (κ1) is 20.3. The van der Waals surface area contributed by atoms with Crippen LogP contribution in [0.15, 0.2) is 42.5 Å². The summed E-state index contributed by atoms with van der Waals surface area (Å²) in [5, 5.41) is 0. The number of hydrogen-bond acceptors (Lipinski definition) is 3. The highest BCUT2D eigenvalue weighted by Gasteiger charge is 2.31. The molecule has 0 saturated heterocycles. The predicted octanol–water partition coefficient (Wildman–Crippen LogP) is 3.55. The van der Waals surface area contributed by atoms with Gasteiger partial charge in [0.2, 0.25) is 0 Å². The van der Waals surface area contributed by atoms with E-state index in [1.165, 1.54) is 13.0 Å². The van der Waals surface area contributed by atoms with Gasteiger partial charge >= 0.3 is 6.18 Å². The lowest BCUT2D eigenvalue weighted by atomic mass is 10.1. The molecule has 0 aliphatic rings. The van der Waals surface area contributed by atoms with E-state index in [4.69, 9.17) is 4.74 Å². The number of aryl methyl sites for hydroxylation is 1. The fourth-order valence-corrected chi connectivity index (χ4v) is 2.22. The third kappa shape index (κ3) is 5.22. The number of ether oxygens (including phenoxy) is 1. The highest BCUT2D eigenvalue weighted by Crippen LogP contribution is 2.29. The van der Waals surface area contributed by atoms with Gasteiger partial charge in [-0.1, -0.05) is 18.2 Å². The van der Waals surface area contributed by atoms with Crippen molar-refractivity contribution in [3.63, 3.8) is 0 Å². The van der Waals surface area contributed by atoms with Crippen molar-refractivity contribution in [2.75, 3.05) is 0 Å². The molecule has 0 aliphatic carbocycles. The average Bonchev–Trinajstić information content (AvgIpc) is 2.62. The SMILES string of the molecule is Cc1cccc(O[C@H](C)C(=O)NNC(=O)c2cccc(C(F)(F)F)c2)c1C. The van der Waals surface area contributed by atoms with E-state index in [-0.39, 0.29) is 5.56 Å². The molecule has 8 heteroatoms. The summed E-state index contributed by atoms with van der Waals surface area (Å²) in [6.45, 7) is 5.25. The molecule has 0 unspecified atom stereocenters. The number of carbonyl (C=O) groups excluding carboxylic acids is 2. The van der Waals surface area contributed by atoms with E-state index >= 15 is 0 Å². The number of amides is 2. The van der Waals surface area contributed by atoms with Gasteiger partial charge in [-0.05, 0) is 56.2 Å². The summed E-state index contributed by atoms with van der Waals surface area (Å²) in [5.74, 6) is -0.980. The molecule has 2 aromatic rings. The molecule has 27 heavy (non-hydrogen) atoms. The Labute approximate surface area is 154 Å². The summed E-state index contributed by atoms with van der Waals surface area (Å²) < 4.78 is 43.7. The van der Waals surface area contributed by atoms with Crippen LogP contribution < -0.4 is 15.6 Å². The molecule has 1 atom stereocenters. The number of nitrogens with one attached hydrogen (secondary N) is 2. The topological polar surface area (TPSA) is 67.4 Å². The quantitative estimate of drug-likeness (QED) is 0.798. The molecule has 0 aliphatic heterocycles. The smallest absolute Gasteiger partial charge is 0.416 e. The molecule has 0 bridgehead atoms. The van der Waals surface area contributed by atoms with Crippen molar-refractivity contribution in [1.29, 1.82) is 0 Å². The Kier molecular flexibility index (Phi) is 6.09. The van der Waals surface area contributed by atoms with Crippen LogP contribution in [0.3, 0.4) is 0 Å². The number of halogens is 3. The van der Waals surface area contributed by atoms with Crippen LogP contribution in [0.2, 0.25) is 0 Å². The first-order valence-electron chi connectivity index (χ1n) is 8.10. The van der Waals surface area contributed by atoms with Crippen molar-refractivity contribution in [2.45, 2.75) is 33.1 Å². The lowest BCUT2D eigenvalue weighted by Crippen LogP contribution is -2.47. The first-order valence-corrected chi connectivity index (χ1v) is 8.10. The Bertz CT molecular complexity index is 850. The molecule has 0 saturated carbocycles. The van der Waals surface area contributed by atoms with Gasteiger partial charge in [-0.2, -0.15) is 13.2 Å². The van der Waals surface area contributed by atoms with Crippen molar-refractivity contribution in [3.8, 4) is 5.75 Å². The Morgan fingerprint density at radius 1 is 1.04 bits per heavy atom. The van der Waals surface area contributed by atoms with Crippen molar-refractivity contribution in [3.05, 3.63) is 64.7 Å². The van der Waals surface area contributed by atoms with Crippen LogP contribution in [-0.2, 0) is 11.0 Å². The van der Waals surface area contributed by atoms with Gasteiger partial charge in [0.25, 0.3) is 11.8 Å². The van der Waals surface area contributed by atoms with Crippen LogP contribution in [0.1, 0.15) is 34.0 Å². The number of alkyl halides is 3. The van der Waals surface area contributed by atoms with E-state index in [0.717, 1.165) is 23.3 Å². The molecule has 2 rings (SSSR count). The highest BCUT2D eigenvalue weighted by atomic mass is 19.4. The number of benzene rings is 2. The van der Waals surface area contributed by atoms with E-state index < -0.39 is 29.7 Å². The third-order valence-electron chi connectivity index (χ3n) is 3.98. The largest absolute Gasteiger partial charge is 0.481 e. The van der Waals surface area contributed by atoms with E-state index in [9.17, 15) is 22.8 Å². The molecule has 144 valence electrons. The summed E-state index contributed by atoms with van der Waals surface area (Å²) >= 11 is 0. The van der Waals surface area contributed by atoms with E-state index in [1.807, 2.05) is 19.9 Å².